The first-order chi connectivity index (χ1) is 5.86. The van der Waals surface area contributed by atoms with Gasteiger partial charge in [-0.3, -0.25) is 4.79 Å². The predicted octanol–water partition coefficient (Wildman–Crippen LogP) is 1.13. The lowest BCUT2D eigenvalue weighted by atomic mass is 10.2. The zero-order chi connectivity index (χ0) is 8.81. The number of rotatable bonds is 4. The van der Waals surface area contributed by atoms with Crippen LogP contribution in [0.2, 0.25) is 0 Å². The molecule has 0 fully saturated rings. The van der Waals surface area contributed by atoms with Crippen LogP contribution in [-0.4, -0.2) is 20.2 Å². The topological polar surface area (TPSA) is 35.5 Å². The van der Waals surface area contributed by atoms with Gasteiger partial charge in [-0.1, -0.05) is 0 Å². The summed E-state index contributed by atoms with van der Waals surface area (Å²) in [5.74, 6) is 0.677. The summed E-state index contributed by atoms with van der Waals surface area (Å²) in [6.07, 6.45) is 1.77. The van der Waals surface area contributed by atoms with Crippen LogP contribution in [0.3, 0.4) is 0 Å². The molecule has 0 bridgehead atoms. The van der Waals surface area contributed by atoms with Gasteiger partial charge in [0.2, 0.25) is 6.29 Å². The summed E-state index contributed by atoms with van der Waals surface area (Å²) in [5.41, 5.74) is 0.514. The van der Waals surface area contributed by atoms with Crippen molar-refractivity contribution in [3.8, 4) is 5.75 Å². The molecule has 0 saturated heterocycles. The Bertz CT molecular complexity index is 240. The molecule has 3 nitrogen and oxygen atoms in total. The van der Waals surface area contributed by atoms with Crippen LogP contribution in [0, 0.1) is 0 Å². The van der Waals surface area contributed by atoms with E-state index in [0.29, 0.717) is 11.3 Å². The molecule has 1 aromatic carbocycles. The molecule has 0 amide bonds. The highest BCUT2D eigenvalue weighted by atomic mass is 16.7. The third-order valence-corrected chi connectivity index (χ3v) is 1.32. The molecule has 0 atom stereocenters. The van der Waals surface area contributed by atoms with Crippen molar-refractivity contribution in [3.05, 3.63) is 29.8 Å². The average molecular weight is 165 g/mol. The smallest absolute Gasteiger partial charge is 0.233 e. The van der Waals surface area contributed by atoms with Crippen LogP contribution in [0.4, 0.5) is 0 Å². The molecule has 12 heavy (non-hydrogen) atoms. The maximum Gasteiger partial charge on any atom is 0.233 e. The molecule has 0 aliphatic rings. The van der Waals surface area contributed by atoms with Crippen LogP contribution in [-0.2, 0) is 9.53 Å². The zero-order valence-corrected chi connectivity index (χ0v) is 6.74. The number of hydrogen-bond acceptors (Lipinski definition) is 3. The minimum atomic E-state index is 0.212. The highest BCUT2D eigenvalue weighted by Crippen LogP contribution is 2.10. The Morgan fingerprint density at radius 1 is 1.33 bits per heavy atom. The molecule has 0 saturated carbocycles. The van der Waals surface area contributed by atoms with Crippen LogP contribution >= 0.6 is 0 Å². The van der Waals surface area contributed by atoms with E-state index >= 15 is 0 Å². The monoisotopic (exact) mass is 165 g/mol. The van der Waals surface area contributed by atoms with Crippen molar-refractivity contribution in [2.45, 2.75) is 0 Å². The highest BCUT2D eigenvalue weighted by Gasteiger charge is 1.93. The molecule has 1 aromatic rings. The van der Waals surface area contributed by atoms with Gasteiger partial charge in [0.05, 0.1) is 0 Å². The fourth-order valence-corrected chi connectivity index (χ4v) is 0.746. The molecule has 0 spiro atoms. The normalized spacial score (nSPS) is 9.42. The van der Waals surface area contributed by atoms with E-state index in [1.54, 1.807) is 37.7 Å². The summed E-state index contributed by atoms with van der Waals surface area (Å²) in [5, 5.41) is 0. The van der Waals surface area contributed by atoms with Crippen LogP contribution in [0.5, 0.6) is 5.75 Å². The molecular weight excluding hydrogens is 156 g/mol. The van der Waals surface area contributed by atoms with Gasteiger partial charge in [0.1, 0.15) is 5.75 Å². The van der Waals surface area contributed by atoms with Gasteiger partial charge in [-0.15, -0.1) is 0 Å². The van der Waals surface area contributed by atoms with Crippen LogP contribution in [0.1, 0.15) is 5.56 Å². The lowest BCUT2D eigenvalue weighted by molar-refractivity contribution is 0.0511. The van der Waals surface area contributed by atoms with E-state index in [9.17, 15) is 4.79 Å². The SMILES string of the molecule is COCOc1ccc([C]=O)cc1. The highest BCUT2D eigenvalue weighted by molar-refractivity contribution is 5.75. The molecule has 0 aliphatic carbocycles. The summed E-state index contributed by atoms with van der Waals surface area (Å²) in [6.45, 7) is 0.212. The molecule has 1 rings (SSSR count). The third kappa shape index (κ3) is 2.36. The van der Waals surface area contributed by atoms with Crippen LogP contribution in [0.15, 0.2) is 24.3 Å². The van der Waals surface area contributed by atoms with Gasteiger partial charge in [-0.05, 0) is 24.3 Å². The van der Waals surface area contributed by atoms with E-state index in [0.717, 1.165) is 0 Å². The lowest BCUT2D eigenvalue weighted by Gasteiger charge is -2.02. The fraction of sp³-hybridized carbons (Fsp3) is 0.222. The largest absolute Gasteiger partial charge is 0.468 e. The maximum absolute atomic E-state index is 10.1. The van der Waals surface area contributed by atoms with Gasteiger partial charge in [0, 0.05) is 12.7 Å². The first-order valence-electron chi connectivity index (χ1n) is 3.47. The van der Waals surface area contributed by atoms with Crippen molar-refractivity contribution >= 4 is 6.29 Å². The zero-order valence-electron chi connectivity index (χ0n) is 6.74. The van der Waals surface area contributed by atoms with E-state index in [1.807, 2.05) is 0 Å². The number of methoxy groups -OCH3 is 1. The molecule has 0 aromatic heterocycles. The molecule has 1 radical (unpaired) electrons. The minimum Gasteiger partial charge on any atom is -0.468 e. The van der Waals surface area contributed by atoms with Gasteiger partial charge < -0.3 is 9.47 Å². The van der Waals surface area contributed by atoms with E-state index < -0.39 is 0 Å². The first-order valence-corrected chi connectivity index (χ1v) is 3.47. The Hall–Kier alpha value is -1.35. The Morgan fingerprint density at radius 3 is 2.50 bits per heavy atom. The predicted molar refractivity (Wildman–Crippen MR) is 43.7 cm³/mol. The van der Waals surface area contributed by atoms with E-state index in [-0.39, 0.29) is 6.79 Å². The standard InChI is InChI=1S/C9H9O3/c1-11-7-12-9-4-2-8(6-10)3-5-9/h2-5H,7H2,1H3. The van der Waals surface area contributed by atoms with Gasteiger partial charge in [-0.2, -0.15) is 0 Å². The second-order valence-electron chi connectivity index (χ2n) is 2.18. The molecule has 0 unspecified atom stereocenters. The number of benzene rings is 1. The summed E-state index contributed by atoms with van der Waals surface area (Å²) in [6, 6.07) is 6.66. The average Bonchev–Trinajstić information content (AvgIpc) is 2.15. The van der Waals surface area contributed by atoms with E-state index in [2.05, 4.69) is 0 Å². The van der Waals surface area contributed by atoms with Crippen LogP contribution in [0.25, 0.3) is 0 Å². The van der Waals surface area contributed by atoms with Crippen molar-refractivity contribution in [2.75, 3.05) is 13.9 Å². The van der Waals surface area contributed by atoms with Gasteiger partial charge in [0.15, 0.2) is 6.79 Å². The molecule has 63 valence electrons. The maximum atomic E-state index is 10.1. The summed E-state index contributed by atoms with van der Waals surface area (Å²) in [7, 11) is 1.55. The molecule has 0 heterocycles. The van der Waals surface area contributed by atoms with Crippen molar-refractivity contribution < 1.29 is 14.3 Å². The molecule has 0 aliphatic heterocycles. The summed E-state index contributed by atoms with van der Waals surface area (Å²) < 4.78 is 9.81. The Morgan fingerprint density at radius 2 is 2.00 bits per heavy atom. The first kappa shape index (κ1) is 8.74. The van der Waals surface area contributed by atoms with Crippen molar-refractivity contribution in [3.63, 3.8) is 0 Å². The van der Waals surface area contributed by atoms with Gasteiger partial charge in [0.25, 0.3) is 0 Å². The Kier molecular flexibility index (Phi) is 3.29. The van der Waals surface area contributed by atoms with Crippen molar-refractivity contribution in [1.82, 2.24) is 0 Å². The van der Waals surface area contributed by atoms with Crippen molar-refractivity contribution in [1.29, 1.82) is 0 Å². The molecular formula is C9H9O3. The quantitative estimate of drug-likeness (QED) is 0.627. The fourth-order valence-electron chi connectivity index (χ4n) is 0.746. The lowest BCUT2D eigenvalue weighted by Crippen LogP contribution is -1.98. The van der Waals surface area contributed by atoms with E-state index in [4.69, 9.17) is 9.47 Å². The Labute approximate surface area is 70.9 Å². The van der Waals surface area contributed by atoms with Gasteiger partial charge in [-0.25, -0.2) is 0 Å². The molecule has 0 N–H and O–H groups in total. The number of carbonyl (C=O) groups excluding carboxylic acids is 1. The summed E-state index contributed by atoms with van der Waals surface area (Å²) in [4.78, 5) is 10.1. The second-order valence-corrected chi connectivity index (χ2v) is 2.18. The van der Waals surface area contributed by atoms with Crippen LogP contribution < -0.4 is 4.74 Å². The third-order valence-electron chi connectivity index (χ3n) is 1.32. The number of ether oxygens (including phenoxy) is 2. The number of hydrogen-bond donors (Lipinski definition) is 0. The van der Waals surface area contributed by atoms with Crippen molar-refractivity contribution in [2.24, 2.45) is 0 Å². The Balaban J connectivity index is 2.58. The minimum absolute atomic E-state index is 0.212. The second kappa shape index (κ2) is 4.51. The summed E-state index contributed by atoms with van der Waals surface area (Å²) >= 11 is 0. The van der Waals surface area contributed by atoms with E-state index in [1.165, 1.54) is 0 Å². The molecule has 3 heteroatoms. The van der Waals surface area contributed by atoms with Gasteiger partial charge >= 0.3 is 0 Å².